The molecular weight excluding hydrogens is 271 g/mol. The number of ether oxygens (including phenoxy) is 1. The highest BCUT2D eigenvalue weighted by Crippen LogP contribution is 2.28. The quantitative estimate of drug-likeness (QED) is 0.929. The lowest BCUT2D eigenvalue weighted by Gasteiger charge is -2.08. The van der Waals surface area contributed by atoms with Crippen LogP contribution in [-0.2, 0) is 0 Å². The van der Waals surface area contributed by atoms with Gasteiger partial charge < -0.3 is 9.84 Å². The van der Waals surface area contributed by atoms with Crippen LogP contribution >= 0.6 is 11.6 Å². The second-order valence-corrected chi connectivity index (χ2v) is 4.35. The predicted octanol–water partition coefficient (Wildman–Crippen LogP) is 3.85. The van der Waals surface area contributed by atoms with E-state index in [1.807, 2.05) is 0 Å². The van der Waals surface area contributed by atoms with Gasteiger partial charge in [0.25, 0.3) is 0 Å². The zero-order valence-corrected chi connectivity index (χ0v) is 10.7. The molecule has 0 aliphatic heterocycles. The van der Waals surface area contributed by atoms with Crippen LogP contribution in [-0.4, -0.2) is 18.2 Å². The van der Waals surface area contributed by atoms with Crippen molar-refractivity contribution < 1.29 is 19.0 Å². The van der Waals surface area contributed by atoms with Crippen molar-refractivity contribution in [2.75, 3.05) is 7.11 Å². The molecule has 0 aliphatic carbocycles. The number of rotatable bonds is 3. The third-order valence-electron chi connectivity index (χ3n) is 2.59. The van der Waals surface area contributed by atoms with E-state index in [4.69, 9.17) is 21.4 Å². The van der Waals surface area contributed by atoms with Gasteiger partial charge in [-0.15, -0.1) is 0 Å². The van der Waals surface area contributed by atoms with Gasteiger partial charge in [-0.05, 0) is 47.5 Å². The van der Waals surface area contributed by atoms with E-state index in [0.29, 0.717) is 16.9 Å². The van der Waals surface area contributed by atoms with Gasteiger partial charge in [0.2, 0.25) is 0 Å². The zero-order chi connectivity index (χ0) is 14.0. The number of aromatic carboxylic acids is 1. The van der Waals surface area contributed by atoms with Crippen molar-refractivity contribution in [1.82, 2.24) is 0 Å². The van der Waals surface area contributed by atoms with Crippen molar-refractivity contribution >= 4 is 17.6 Å². The van der Waals surface area contributed by atoms with Crippen molar-refractivity contribution in [3.63, 3.8) is 0 Å². The molecule has 5 heteroatoms. The van der Waals surface area contributed by atoms with Crippen LogP contribution < -0.4 is 4.74 Å². The first-order chi connectivity index (χ1) is 8.99. The topological polar surface area (TPSA) is 46.5 Å². The molecule has 0 fully saturated rings. The van der Waals surface area contributed by atoms with Crippen molar-refractivity contribution in [2.45, 2.75) is 0 Å². The summed E-state index contributed by atoms with van der Waals surface area (Å²) in [7, 11) is 1.43. The molecule has 0 atom stereocenters. The molecular formula is C14H10ClFO3. The van der Waals surface area contributed by atoms with Gasteiger partial charge in [-0.25, -0.2) is 9.18 Å². The Morgan fingerprint density at radius 3 is 2.42 bits per heavy atom. The Hall–Kier alpha value is -2.07. The van der Waals surface area contributed by atoms with E-state index >= 15 is 0 Å². The van der Waals surface area contributed by atoms with E-state index in [-0.39, 0.29) is 10.6 Å². The molecule has 0 amide bonds. The van der Waals surface area contributed by atoms with Gasteiger partial charge in [0.1, 0.15) is 11.6 Å². The monoisotopic (exact) mass is 280 g/mol. The van der Waals surface area contributed by atoms with Gasteiger partial charge in [0, 0.05) is 5.02 Å². The highest BCUT2D eigenvalue weighted by atomic mass is 35.5. The molecule has 0 radical (unpaired) electrons. The molecule has 98 valence electrons. The average Bonchev–Trinajstić information content (AvgIpc) is 2.37. The smallest absolute Gasteiger partial charge is 0.335 e. The molecule has 2 aromatic carbocycles. The third-order valence-corrected chi connectivity index (χ3v) is 2.80. The number of hydrogen-bond acceptors (Lipinski definition) is 2. The summed E-state index contributed by atoms with van der Waals surface area (Å²) >= 11 is 5.79. The van der Waals surface area contributed by atoms with Crippen LogP contribution in [0.1, 0.15) is 10.4 Å². The molecule has 3 nitrogen and oxygen atoms in total. The lowest BCUT2D eigenvalue weighted by atomic mass is 10.0. The van der Waals surface area contributed by atoms with E-state index in [0.717, 1.165) is 0 Å². The maximum atomic E-state index is 13.3. The van der Waals surface area contributed by atoms with Crippen LogP contribution in [0.5, 0.6) is 5.75 Å². The summed E-state index contributed by atoms with van der Waals surface area (Å²) in [6, 6.07) is 8.49. The summed E-state index contributed by atoms with van der Waals surface area (Å²) in [6.07, 6.45) is 0. The van der Waals surface area contributed by atoms with Crippen molar-refractivity contribution in [2.24, 2.45) is 0 Å². The first-order valence-electron chi connectivity index (χ1n) is 5.38. The summed E-state index contributed by atoms with van der Waals surface area (Å²) < 4.78 is 18.4. The lowest BCUT2D eigenvalue weighted by Crippen LogP contribution is -1.98. The van der Waals surface area contributed by atoms with Gasteiger partial charge in [-0.1, -0.05) is 11.6 Å². The Morgan fingerprint density at radius 1 is 1.16 bits per heavy atom. The first-order valence-corrected chi connectivity index (χ1v) is 5.76. The fraction of sp³-hybridized carbons (Fsp3) is 0.0714. The van der Waals surface area contributed by atoms with E-state index in [9.17, 15) is 9.18 Å². The Morgan fingerprint density at radius 2 is 1.84 bits per heavy atom. The lowest BCUT2D eigenvalue weighted by molar-refractivity contribution is 0.0696. The van der Waals surface area contributed by atoms with Crippen LogP contribution in [0.15, 0.2) is 36.4 Å². The highest BCUT2D eigenvalue weighted by Gasteiger charge is 2.10. The van der Waals surface area contributed by atoms with Crippen LogP contribution in [0.4, 0.5) is 4.39 Å². The van der Waals surface area contributed by atoms with Crippen molar-refractivity contribution in [3.05, 3.63) is 52.8 Å². The van der Waals surface area contributed by atoms with E-state index in [2.05, 4.69) is 0 Å². The second-order valence-electron chi connectivity index (χ2n) is 3.91. The maximum absolute atomic E-state index is 13.3. The highest BCUT2D eigenvalue weighted by molar-refractivity contribution is 6.30. The van der Waals surface area contributed by atoms with Gasteiger partial charge in [0.15, 0.2) is 0 Å². The van der Waals surface area contributed by atoms with E-state index in [1.165, 1.54) is 31.4 Å². The van der Waals surface area contributed by atoms with Gasteiger partial charge in [0.05, 0.1) is 12.7 Å². The standard InChI is InChI=1S/C14H10ClFO3/c1-19-13-5-8(2-10(6-13)14(17)18)9-3-11(15)7-12(16)4-9/h2-7H,1H3,(H,17,18). The van der Waals surface area contributed by atoms with Gasteiger partial charge in [-0.2, -0.15) is 0 Å². The molecule has 2 aromatic rings. The van der Waals surface area contributed by atoms with Crippen LogP contribution in [0.2, 0.25) is 5.02 Å². The number of carbonyl (C=O) groups is 1. The Labute approximate surface area is 114 Å². The fourth-order valence-corrected chi connectivity index (χ4v) is 1.95. The molecule has 0 spiro atoms. The van der Waals surface area contributed by atoms with Gasteiger partial charge in [-0.3, -0.25) is 0 Å². The predicted molar refractivity (Wildman–Crippen MR) is 70.4 cm³/mol. The minimum atomic E-state index is -1.08. The minimum Gasteiger partial charge on any atom is -0.497 e. The molecule has 0 bridgehead atoms. The number of hydrogen-bond donors (Lipinski definition) is 1. The van der Waals surface area contributed by atoms with Gasteiger partial charge >= 0.3 is 5.97 Å². The molecule has 1 N–H and O–H groups in total. The number of halogens is 2. The summed E-state index contributed by atoms with van der Waals surface area (Å²) in [4.78, 5) is 11.0. The van der Waals surface area contributed by atoms with Crippen LogP contribution in [0.3, 0.4) is 0 Å². The normalized spacial score (nSPS) is 10.3. The zero-order valence-electron chi connectivity index (χ0n) is 9.98. The fourth-order valence-electron chi connectivity index (χ4n) is 1.73. The molecule has 0 saturated heterocycles. The Bertz CT molecular complexity index is 620. The average molecular weight is 281 g/mol. The second kappa shape index (κ2) is 5.28. The van der Waals surface area contributed by atoms with Crippen molar-refractivity contribution in [3.8, 4) is 16.9 Å². The Kier molecular flexibility index (Phi) is 3.71. The molecule has 0 aliphatic rings. The maximum Gasteiger partial charge on any atom is 0.335 e. The number of carboxylic acids is 1. The molecule has 19 heavy (non-hydrogen) atoms. The summed E-state index contributed by atoms with van der Waals surface area (Å²) in [6.45, 7) is 0. The van der Waals surface area contributed by atoms with E-state index < -0.39 is 11.8 Å². The first kappa shape index (κ1) is 13.4. The van der Waals surface area contributed by atoms with Crippen molar-refractivity contribution in [1.29, 1.82) is 0 Å². The van der Waals surface area contributed by atoms with Crippen LogP contribution in [0.25, 0.3) is 11.1 Å². The number of benzene rings is 2. The molecule has 0 heterocycles. The molecule has 0 aromatic heterocycles. The molecule has 0 saturated carbocycles. The number of carboxylic acid groups (broad SMARTS) is 1. The Balaban J connectivity index is 2.60. The molecule has 0 unspecified atom stereocenters. The third kappa shape index (κ3) is 3.03. The van der Waals surface area contributed by atoms with E-state index in [1.54, 1.807) is 12.1 Å². The summed E-state index contributed by atoms with van der Waals surface area (Å²) in [5.41, 5.74) is 1.08. The summed E-state index contributed by atoms with van der Waals surface area (Å²) in [5.74, 6) is -1.18. The van der Waals surface area contributed by atoms with Crippen LogP contribution in [0, 0.1) is 5.82 Å². The minimum absolute atomic E-state index is 0.0646. The summed E-state index contributed by atoms with van der Waals surface area (Å²) in [5, 5.41) is 9.27. The SMILES string of the molecule is COc1cc(C(=O)O)cc(-c2cc(F)cc(Cl)c2)c1. The largest absolute Gasteiger partial charge is 0.497 e. The number of methoxy groups -OCH3 is 1. The molecule has 2 rings (SSSR count).